The average Bonchev–Trinajstić information content (AvgIpc) is 1.80. The van der Waals surface area contributed by atoms with Crippen molar-refractivity contribution >= 4 is 29.6 Å². The van der Waals surface area contributed by atoms with E-state index in [0.717, 1.165) is 18.9 Å². The molecule has 0 aromatic heterocycles. The fourth-order valence-electron chi connectivity index (χ4n) is 0.503. The van der Waals surface area contributed by atoms with Gasteiger partial charge in [-0.25, -0.2) is 0 Å². The van der Waals surface area contributed by atoms with Gasteiger partial charge in [-0.05, 0) is 12.5 Å². The molecule has 4 heteroatoms. The number of unbranched alkanes of at least 4 members (excludes halogenated alkanes) is 2. The second kappa shape index (κ2) is 6.41. The lowest BCUT2D eigenvalue weighted by Crippen LogP contribution is -1.90. The topological polar surface area (TPSA) is 23.8 Å². The third-order valence-corrected chi connectivity index (χ3v) is 3.11. The molecule has 0 aliphatic carbocycles. The number of hydrogen-bond acceptors (Lipinski definition) is 1. The first-order valence-electron chi connectivity index (χ1n) is 2.92. The third-order valence-electron chi connectivity index (χ3n) is 0.961. The fraction of sp³-hybridized carbons (Fsp3) is 0.800. The largest absolute Gasteiger partial charge is 0.237 e. The highest BCUT2D eigenvalue weighted by atomic mass is 35.7. The second-order valence-corrected chi connectivity index (χ2v) is 6.99. The SMILES string of the molecule is N#CCCCC[SiH](Cl)Cl. The lowest BCUT2D eigenvalue weighted by molar-refractivity contribution is 0.818. The third kappa shape index (κ3) is 8.29. The molecule has 0 saturated heterocycles. The van der Waals surface area contributed by atoms with Gasteiger partial charge in [0.05, 0.1) is 6.07 Å². The summed E-state index contributed by atoms with van der Waals surface area (Å²) in [5.41, 5.74) is 0. The van der Waals surface area contributed by atoms with Crippen molar-refractivity contribution in [2.45, 2.75) is 25.3 Å². The maximum Gasteiger partial charge on any atom is 0.237 e. The fourth-order valence-corrected chi connectivity index (χ4v) is 2.03. The van der Waals surface area contributed by atoms with Crippen molar-refractivity contribution in [1.29, 1.82) is 5.26 Å². The summed E-state index contributed by atoms with van der Waals surface area (Å²) in [6.45, 7) is 0. The zero-order chi connectivity index (χ0) is 7.11. The van der Waals surface area contributed by atoms with Gasteiger partial charge < -0.3 is 0 Å². The van der Waals surface area contributed by atoms with Gasteiger partial charge in [0.25, 0.3) is 0 Å². The molecule has 0 atom stereocenters. The van der Waals surface area contributed by atoms with Crippen LogP contribution in [-0.4, -0.2) is 7.42 Å². The number of halogens is 2. The van der Waals surface area contributed by atoms with E-state index in [4.69, 9.17) is 27.4 Å². The second-order valence-electron chi connectivity index (χ2n) is 1.79. The Morgan fingerprint density at radius 1 is 1.33 bits per heavy atom. The van der Waals surface area contributed by atoms with Gasteiger partial charge in [-0.3, -0.25) is 0 Å². The summed E-state index contributed by atoms with van der Waals surface area (Å²) in [5, 5.41) is 8.13. The molecule has 0 aromatic rings. The average molecular weight is 182 g/mol. The van der Waals surface area contributed by atoms with Crippen LogP contribution in [0.5, 0.6) is 0 Å². The highest BCUT2D eigenvalue weighted by Gasteiger charge is 1.99. The Morgan fingerprint density at radius 2 is 2.00 bits per heavy atom. The van der Waals surface area contributed by atoms with Crippen LogP contribution in [-0.2, 0) is 0 Å². The van der Waals surface area contributed by atoms with E-state index in [1.165, 1.54) is 0 Å². The normalized spacial score (nSPS) is 9.56. The smallest absolute Gasteiger partial charge is 0.198 e. The van der Waals surface area contributed by atoms with Crippen LogP contribution in [0.1, 0.15) is 19.3 Å². The van der Waals surface area contributed by atoms with Gasteiger partial charge >= 0.3 is 0 Å². The molecular weight excluding hydrogens is 173 g/mol. The molecule has 0 bridgehead atoms. The quantitative estimate of drug-likeness (QED) is 0.372. The number of hydrogen-bond donors (Lipinski definition) is 0. The van der Waals surface area contributed by atoms with E-state index in [2.05, 4.69) is 6.07 Å². The van der Waals surface area contributed by atoms with Gasteiger partial charge in [0.2, 0.25) is 7.42 Å². The van der Waals surface area contributed by atoms with Crippen LogP contribution in [0.25, 0.3) is 0 Å². The van der Waals surface area contributed by atoms with Gasteiger partial charge in [0.1, 0.15) is 0 Å². The van der Waals surface area contributed by atoms with E-state index < -0.39 is 7.42 Å². The van der Waals surface area contributed by atoms with Gasteiger partial charge in [-0.2, -0.15) is 27.4 Å². The van der Waals surface area contributed by atoms with Crippen molar-refractivity contribution in [3.05, 3.63) is 0 Å². The molecule has 0 unspecified atom stereocenters. The van der Waals surface area contributed by atoms with Crippen LogP contribution in [0.2, 0.25) is 6.04 Å². The van der Waals surface area contributed by atoms with Gasteiger partial charge in [0.15, 0.2) is 0 Å². The first kappa shape index (κ1) is 9.29. The number of rotatable bonds is 4. The molecule has 0 radical (unpaired) electrons. The predicted molar refractivity (Wildman–Crippen MR) is 43.1 cm³/mol. The highest BCUT2D eigenvalue weighted by Crippen LogP contribution is 2.09. The van der Waals surface area contributed by atoms with Gasteiger partial charge in [0, 0.05) is 6.42 Å². The van der Waals surface area contributed by atoms with Gasteiger partial charge in [-0.15, -0.1) is 0 Å². The molecule has 52 valence electrons. The van der Waals surface area contributed by atoms with Crippen LogP contribution < -0.4 is 0 Å². The van der Waals surface area contributed by atoms with E-state index in [1.807, 2.05) is 0 Å². The molecule has 0 N–H and O–H groups in total. The molecule has 0 aromatic carbocycles. The first-order chi connectivity index (χ1) is 4.27. The highest BCUT2D eigenvalue weighted by molar-refractivity contribution is 7.33. The van der Waals surface area contributed by atoms with Crippen LogP contribution >= 0.6 is 22.2 Å². The Bertz CT molecular complexity index is 99.6. The van der Waals surface area contributed by atoms with Crippen molar-refractivity contribution in [1.82, 2.24) is 0 Å². The standard InChI is InChI=1S/C5H9Cl2NSi/c6-9(7)5-3-1-2-4-8/h9H,1-3,5H2. The maximum atomic E-state index is 8.13. The van der Waals surface area contributed by atoms with E-state index >= 15 is 0 Å². The molecule has 0 aliphatic rings. The van der Waals surface area contributed by atoms with Gasteiger partial charge in [-0.1, -0.05) is 6.42 Å². The van der Waals surface area contributed by atoms with Crippen LogP contribution in [0.4, 0.5) is 0 Å². The summed E-state index contributed by atoms with van der Waals surface area (Å²) in [5.74, 6) is 0. The summed E-state index contributed by atoms with van der Waals surface area (Å²) in [4.78, 5) is 0. The number of nitrogens with zero attached hydrogens (tertiary/aromatic N) is 1. The minimum absolute atomic E-state index is 0.634. The van der Waals surface area contributed by atoms with Crippen molar-refractivity contribution < 1.29 is 0 Å². The first-order valence-corrected chi connectivity index (χ1v) is 7.23. The molecule has 1 nitrogen and oxygen atoms in total. The molecule has 0 rings (SSSR count). The monoisotopic (exact) mass is 181 g/mol. The van der Waals surface area contributed by atoms with Crippen LogP contribution in [0.3, 0.4) is 0 Å². The van der Waals surface area contributed by atoms with Crippen molar-refractivity contribution in [2.24, 2.45) is 0 Å². The van der Waals surface area contributed by atoms with Crippen molar-refractivity contribution in [3.8, 4) is 6.07 Å². The van der Waals surface area contributed by atoms with E-state index in [-0.39, 0.29) is 0 Å². The minimum Gasteiger partial charge on any atom is -0.198 e. The van der Waals surface area contributed by atoms with Crippen molar-refractivity contribution in [3.63, 3.8) is 0 Å². The van der Waals surface area contributed by atoms with Crippen LogP contribution in [0.15, 0.2) is 0 Å². The van der Waals surface area contributed by atoms with Crippen LogP contribution in [0, 0.1) is 11.3 Å². The Morgan fingerprint density at radius 3 is 2.44 bits per heavy atom. The molecule has 0 saturated carbocycles. The molecular formula is C5H9Cl2NSi. The Labute approximate surface area is 66.6 Å². The summed E-state index contributed by atoms with van der Waals surface area (Å²) in [6, 6.07) is 3.01. The number of nitriles is 1. The lowest BCUT2D eigenvalue weighted by Gasteiger charge is -1.94. The predicted octanol–water partition coefficient (Wildman–Crippen LogP) is 2.38. The van der Waals surface area contributed by atoms with Crippen molar-refractivity contribution in [2.75, 3.05) is 0 Å². The Balaban J connectivity index is 2.85. The summed E-state index contributed by atoms with van der Waals surface area (Å²) >= 11 is 11.2. The van der Waals surface area contributed by atoms with E-state index in [1.54, 1.807) is 0 Å². The molecule has 0 aliphatic heterocycles. The van der Waals surface area contributed by atoms with E-state index in [9.17, 15) is 0 Å². The summed E-state index contributed by atoms with van der Waals surface area (Å²) in [6.07, 6.45) is 2.59. The summed E-state index contributed by atoms with van der Waals surface area (Å²) in [7, 11) is -1.38. The minimum atomic E-state index is -1.38. The maximum absolute atomic E-state index is 8.13. The molecule has 0 spiro atoms. The van der Waals surface area contributed by atoms with E-state index in [0.29, 0.717) is 6.42 Å². The molecule has 0 amide bonds. The molecule has 9 heavy (non-hydrogen) atoms. The molecule has 0 fully saturated rings. The molecule has 0 heterocycles. The summed E-state index contributed by atoms with van der Waals surface area (Å²) < 4.78 is 0. The Hall–Kier alpha value is 0.287. The lowest BCUT2D eigenvalue weighted by atomic mass is 10.3. The zero-order valence-electron chi connectivity index (χ0n) is 5.11. The Kier molecular flexibility index (Phi) is 6.61. The zero-order valence-corrected chi connectivity index (χ0v) is 7.78.